The zero-order valence-corrected chi connectivity index (χ0v) is 19.2. The van der Waals surface area contributed by atoms with Crippen molar-refractivity contribution in [2.24, 2.45) is 4.99 Å². The smallest absolute Gasteiger partial charge is 0.362 e. The van der Waals surface area contributed by atoms with E-state index in [0.29, 0.717) is 6.61 Å². The van der Waals surface area contributed by atoms with Crippen LogP contribution in [0.4, 0.5) is 11.4 Å². The number of hydrogen-bond acceptors (Lipinski definition) is 5. The molecule has 0 aromatic heterocycles. The number of benzene rings is 2. The van der Waals surface area contributed by atoms with E-state index in [1.807, 2.05) is 12.1 Å². The molecule has 1 atom stereocenters. The monoisotopic (exact) mass is 424 g/mol. The third kappa shape index (κ3) is 3.74. The first-order valence-corrected chi connectivity index (χ1v) is 11.5. The minimum atomic E-state index is -0.311. The van der Waals surface area contributed by atoms with Crippen LogP contribution in [0.1, 0.15) is 32.3 Å². The summed E-state index contributed by atoms with van der Waals surface area (Å²) in [4.78, 5) is 5.11. The highest BCUT2D eigenvalue weighted by Crippen LogP contribution is 2.43. The van der Waals surface area contributed by atoms with E-state index in [1.54, 1.807) is 18.9 Å². The largest absolute Gasteiger partial charge is 0.497 e. The van der Waals surface area contributed by atoms with Crippen LogP contribution in [0.15, 0.2) is 53.5 Å². The van der Waals surface area contributed by atoms with Gasteiger partial charge in [0.2, 0.25) is 0 Å². The number of hydrogen-bond donors (Lipinski definition) is 1. The van der Waals surface area contributed by atoms with E-state index in [9.17, 15) is 0 Å². The van der Waals surface area contributed by atoms with Gasteiger partial charge in [-0.25, -0.2) is 4.58 Å². The summed E-state index contributed by atoms with van der Waals surface area (Å²) in [5, 5.41) is 4.67. The molecule has 4 rings (SSSR count). The normalized spacial score (nSPS) is 22.9. The summed E-state index contributed by atoms with van der Waals surface area (Å²) in [6.07, 6.45) is 3.77. The molecule has 158 valence electrons. The Labute approximate surface area is 183 Å². The van der Waals surface area contributed by atoms with Crippen molar-refractivity contribution >= 4 is 34.1 Å². The van der Waals surface area contributed by atoms with Gasteiger partial charge >= 0.3 is 5.17 Å². The Hall–Kier alpha value is -2.31. The zero-order chi connectivity index (χ0) is 21.4. The Bertz CT molecular complexity index is 1020. The van der Waals surface area contributed by atoms with Crippen LogP contribution in [-0.2, 0) is 4.74 Å². The molecular weight excluding hydrogens is 394 g/mol. The fourth-order valence-corrected chi connectivity index (χ4v) is 5.15. The van der Waals surface area contributed by atoms with E-state index in [2.05, 4.69) is 73.3 Å². The highest BCUT2D eigenvalue weighted by molar-refractivity contribution is 8.13. The average molecular weight is 425 g/mol. The Morgan fingerprint density at radius 2 is 1.97 bits per heavy atom. The zero-order valence-electron chi connectivity index (χ0n) is 18.4. The second kappa shape index (κ2) is 8.08. The molecule has 1 unspecified atom stereocenters. The lowest BCUT2D eigenvalue weighted by molar-refractivity contribution is -0.518. The molecule has 0 bridgehead atoms. The second-order valence-electron chi connectivity index (χ2n) is 8.49. The molecule has 0 amide bonds. The number of nitrogens with one attached hydrogen (secondary N) is 1. The van der Waals surface area contributed by atoms with Gasteiger partial charge in [0.05, 0.1) is 19.3 Å². The standard InChI is InChI=1S/C24H29N3O2S/c1-17-9-6-7-12-20(17)25-21-24(13-14-29-23(2,3)16-24)27(22(26-21)30-5)18-10-8-11-19(15-18)28-4/h6-12,15H,13-14,16H2,1-5H3/p+1. The van der Waals surface area contributed by atoms with Gasteiger partial charge in [-0.3, -0.25) is 0 Å². The summed E-state index contributed by atoms with van der Waals surface area (Å²) in [5.74, 6) is 1.83. The molecule has 0 aliphatic carbocycles. The molecule has 2 heterocycles. The summed E-state index contributed by atoms with van der Waals surface area (Å²) in [7, 11) is 1.71. The number of nitrogens with zero attached hydrogens (tertiary/aromatic N) is 2. The van der Waals surface area contributed by atoms with E-state index >= 15 is 0 Å². The van der Waals surface area contributed by atoms with Gasteiger partial charge in [-0.1, -0.05) is 24.3 Å². The van der Waals surface area contributed by atoms with Gasteiger partial charge in [-0.05, 0) is 67.5 Å². The Kier molecular flexibility index (Phi) is 5.64. The maximum atomic E-state index is 6.12. The van der Waals surface area contributed by atoms with Crippen LogP contribution in [0.25, 0.3) is 0 Å². The van der Waals surface area contributed by atoms with Crippen molar-refractivity contribution in [1.82, 2.24) is 0 Å². The van der Waals surface area contributed by atoms with Gasteiger partial charge in [-0.2, -0.15) is 0 Å². The molecule has 6 heteroatoms. The molecule has 0 saturated carbocycles. The minimum Gasteiger partial charge on any atom is -0.497 e. The quantitative estimate of drug-likeness (QED) is 0.687. The molecule has 2 aromatic carbocycles. The first kappa shape index (κ1) is 20.9. The number of para-hydroxylation sites is 1. The van der Waals surface area contributed by atoms with Gasteiger partial charge in [-0.15, -0.1) is 0 Å². The predicted octanol–water partition coefficient (Wildman–Crippen LogP) is 5.22. The van der Waals surface area contributed by atoms with Crippen LogP contribution in [0.2, 0.25) is 0 Å². The molecule has 1 spiro atoms. The molecule has 0 radical (unpaired) electrons. The number of aliphatic imine (C=N–C) groups is 1. The minimum absolute atomic E-state index is 0.253. The van der Waals surface area contributed by atoms with Crippen molar-refractivity contribution in [3.8, 4) is 5.75 Å². The van der Waals surface area contributed by atoms with Gasteiger partial charge in [0.25, 0.3) is 5.84 Å². The van der Waals surface area contributed by atoms with E-state index in [1.165, 1.54) is 5.56 Å². The van der Waals surface area contributed by atoms with E-state index in [-0.39, 0.29) is 11.1 Å². The Balaban J connectivity index is 1.85. The van der Waals surface area contributed by atoms with Crippen LogP contribution >= 0.6 is 11.8 Å². The topological polar surface area (TPSA) is 45.9 Å². The fraction of sp³-hybridized carbons (Fsp3) is 0.417. The van der Waals surface area contributed by atoms with Crippen LogP contribution in [-0.4, -0.2) is 46.7 Å². The van der Waals surface area contributed by atoms with Crippen molar-refractivity contribution in [1.29, 1.82) is 0 Å². The van der Waals surface area contributed by atoms with E-state index < -0.39 is 0 Å². The molecular formula is C24H30N3O2S+. The number of rotatable bonds is 3. The number of ether oxygens (including phenoxy) is 2. The van der Waals surface area contributed by atoms with Crippen molar-refractivity contribution < 1.29 is 14.0 Å². The molecule has 2 aliphatic rings. The Morgan fingerprint density at radius 3 is 2.67 bits per heavy atom. The third-order valence-corrected chi connectivity index (χ3v) is 6.53. The second-order valence-corrected chi connectivity index (χ2v) is 9.26. The van der Waals surface area contributed by atoms with Gasteiger partial charge in [0.15, 0.2) is 5.54 Å². The van der Waals surface area contributed by atoms with Gasteiger partial charge < -0.3 is 14.8 Å². The molecule has 30 heavy (non-hydrogen) atoms. The van der Waals surface area contributed by atoms with Crippen LogP contribution in [0, 0.1) is 6.92 Å². The highest BCUT2D eigenvalue weighted by atomic mass is 32.2. The van der Waals surface area contributed by atoms with Crippen molar-refractivity contribution in [3.05, 3.63) is 54.1 Å². The lowest BCUT2D eigenvalue weighted by Gasteiger charge is -2.41. The molecule has 1 fully saturated rings. The highest BCUT2D eigenvalue weighted by Gasteiger charge is 2.58. The number of aryl methyl sites for hydroxylation is 1. The molecule has 1 saturated heterocycles. The number of methoxy groups -OCH3 is 1. The molecule has 5 nitrogen and oxygen atoms in total. The number of amidine groups is 2. The van der Waals surface area contributed by atoms with E-state index in [4.69, 9.17) is 14.5 Å². The number of anilines is 1. The lowest BCUT2D eigenvalue weighted by atomic mass is 9.79. The summed E-state index contributed by atoms with van der Waals surface area (Å²) < 4.78 is 14.0. The van der Waals surface area contributed by atoms with Crippen molar-refractivity contribution in [2.75, 3.05) is 25.3 Å². The summed E-state index contributed by atoms with van der Waals surface area (Å²) in [6.45, 7) is 7.14. The summed E-state index contributed by atoms with van der Waals surface area (Å²) >= 11 is 1.67. The van der Waals surface area contributed by atoms with Crippen LogP contribution in [0.5, 0.6) is 5.75 Å². The van der Waals surface area contributed by atoms with Crippen molar-refractivity contribution in [2.45, 2.75) is 44.8 Å². The molecule has 2 aromatic rings. The first-order valence-electron chi connectivity index (χ1n) is 10.3. The van der Waals surface area contributed by atoms with Crippen molar-refractivity contribution in [3.63, 3.8) is 0 Å². The van der Waals surface area contributed by atoms with Crippen LogP contribution in [0.3, 0.4) is 0 Å². The van der Waals surface area contributed by atoms with E-state index in [0.717, 1.165) is 41.0 Å². The lowest BCUT2D eigenvalue weighted by Crippen LogP contribution is -2.56. The Morgan fingerprint density at radius 1 is 1.17 bits per heavy atom. The van der Waals surface area contributed by atoms with Gasteiger partial charge in [0, 0.05) is 24.6 Å². The molecule has 2 aliphatic heterocycles. The first-order chi connectivity index (χ1) is 14.4. The van der Waals surface area contributed by atoms with Crippen LogP contribution < -0.4 is 10.1 Å². The summed E-state index contributed by atoms with van der Waals surface area (Å²) in [5.41, 5.74) is 2.81. The summed E-state index contributed by atoms with van der Waals surface area (Å²) in [6, 6.07) is 16.6. The third-order valence-electron chi connectivity index (χ3n) is 5.89. The predicted molar refractivity (Wildman–Crippen MR) is 126 cm³/mol. The fourth-order valence-electron chi connectivity index (χ4n) is 4.50. The SMILES string of the molecule is COc1cccc([N+]2=C(SC)N=C(Nc3ccccc3C)C23CCOC(C)(C)C3)c1. The number of thioether (sulfide) groups is 1. The average Bonchev–Trinajstić information content (AvgIpc) is 3.01. The van der Waals surface area contributed by atoms with Gasteiger partial charge in [0.1, 0.15) is 11.4 Å². The maximum Gasteiger partial charge on any atom is 0.362 e. The molecule has 1 N–H and O–H groups in total. The maximum absolute atomic E-state index is 6.12.